The largest absolute Gasteiger partial charge is 0.482 e. The number of hydrogen-bond donors (Lipinski definition) is 0. The molecule has 108 valence electrons. The monoisotopic (exact) mass is 349 g/mol. The van der Waals surface area contributed by atoms with E-state index in [2.05, 4.69) is 15.9 Å². The zero-order valence-electron chi connectivity index (χ0n) is 11.2. The van der Waals surface area contributed by atoms with Gasteiger partial charge in [-0.05, 0) is 36.8 Å². The van der Waals surface area contributed by atoms with E-state index in [1.54, 1.807) is 0 Å². The number of benzene rings is 2. The Morgan fingerprint density at radius 3 is 2.48 bits per heavy atom. The summed E-state index contributed by atoms with van der Waals surface area (Å²) in [7, 11) is 0. The third-order valence-electron chi connectivity index (χ3n) is 2.87. The summed E-state index contributed by atoms with van der Waals surface area (Å²) >= 11 is 3.33. The van der Waals surface area contributed by atoms with Gasteiger partial charge in [0.2, 0.25) is 0 Å². The lowest BCUT2D eigenvalue weighted by atomic mass is 10.1. The van der Waals surface area contributed by atoms with Gasteiger partial charge in [0.15, 0.2) is 11.5 Å². The molecule has 0 atom stereocenters. The fourth-order valence-electron chi connectivity index (χ4n) is 1.74. The highest BCUT2D eigenvalue weighted by Crippen LogP contribution is 2.29. The van der Waals surface area contributed by atoms with Gasteiger partial charge in [0.1, 0.15) is 6.61 Å². The smallest absolute Gasteiger partial charge is 0.311 e. The molecular weight excluding hydrogens is 338 g/mol. The minimum atomic E-state index is -0.552. The average molecular weight is 350 g/mol. The third-order valence-corrected chi connectivity index (χ3v) is 3.40. The molecule has 0 aromatic heterocycles. The normalized spacial score (nSPS) is 10.2. The average Bonchev–Trinajstić information content (AvgIpc) is 2.46. The Morgan fingerprint density at radius 2 is 1.90 bits per heavy atom. The summed E-state index contributed by atoms with van der Waals surface area (Å²) < 4.78 is 6.44. The summed E-state index contributed by atoms with van der Waals surface area (Å²) in [5.41, 5.74) is 0.973. The number of carbonyl (C=O) groups is 1. The number of nitrogens with zero attached hydrogens (tertiary/aromatic N) is 1. The van der Waals surface area contributed by atoms with Gasteiger partial charge in [0, 0.05) is 16.1 Å². The minimum Gasteiger partial charge on any atom is -0.482 e. The van der Waals surface area contributed by atoms with E-state index in [1.165, 1.54) is 25.1 Å². The number of nitro benzene ring substituents is 1. The second-order valence-electron chi connectivity index (χ2n) is 4.41. The van der Waals surface area contributed by atoms with Crippen molar-refractivity contribution in [3.8, 4) is 5.75 Å². The van der Waals surface area contributed by atoms with Gasteiger partial charge < -0.3 is 4.74 Å². The Hall–Kier alpha value is -2.21. The molecule has 2 aromatic rings. The molecule has 2 aromatic carbocycles. The molecule has 0 radical (unpaired) electrons. The predicted octanol–water partition coefficient (Wildman–Crippen LogP) is 4.14. The van der Waals surface area contributed by atoms with Crippen LogP contribution in [0.1, 0.15) is 22.8 Å². The fourth-order valence-corrected chi connectivity index (χ4v) is 2.01. The van der Waals surface area contributed by atoms with Gasteiger partial charge in [-0.2, -0.15) is 0 Å². The van der Waals surface area contributed by atoms with Crippen molar-refractivity contribution >= 4 is 27.4 Å². The number of hydrogen-bond acceptors (Lipinski definition) is 4. The molecule has 0 aliphatic heterocycles. The van der Waals surface area contributed by atoms with E-state index in [1.807, 2.05) is 24.3 Å². The summed E-state index contributed by atoms with van der Waals surface area (Å²) in [5.74, 6) is -0.0783. The van der Waals surface area contributed by atoms with Crippen LogP contribution < -0.4 is 4.74 Å². The quantitative estimate of drug-likeness (QED) is 0.462. The van der Waals surface area contributed by atoms with Gasteiger partial charge >= 0.3 is 5.69 Å². The summed E-state index contributed by atoms with van der Waals surface area (Å²) in [6.07, 6.45) is 0. The van der Waals surface area contributed by atoms with Gasteiger partial charge in [0.25, 0.3) is 0 Å². The number of Topliss-reactive ketones (excluding diaryl/α,β-unsaturated/α-hetero) is 1. The van der Waals surface area contributed by atoms with Crippen LogP contribution in [0.15, 0.2) is 46.9 Å². The second-order valence-corrected chi connectivity index (χ2v) is 5.33. The van der Waals surface area contributed by atoms with Crippen LogP contribution >= 0.6 is 15.9 Å². The van der Waals surface area contributed by atoms with Crippen molar-refractivity contribution in [3.63, 3.8) is 0 Å². The first-order valence-electron chi connectivity index (χ1n) is 6.14. The van der Waals surface area contributed by atoms with E-state index in [9.17, 15) is 14.9 Å². The van der Waals surface area contributed by atoms with Gasteiger partial charge in [-0.15, -0.1) is 0 Å². The molecule has 0 spiro atoms. The molecule has 0 amide bonds. The van der Waals surface area contributed by atoms with E-state index in [-0.39, 0.29) is 29.4 Å². The zero-order chi connectivity index (χ0) is 15.4. The summed E-state index contributed by atoms with van der Waals surface area (Å²) in [6, 6.07) is 11.7. The Balaban J connectivity index is 2.21. The van der Waals surface area contributed by atoms with Crippen LogP contribution in [0.3, 0.4) is 0 Å². The Labute approximate surface area is 129 Å². The molecule has 0 bridgehead atoms. The number of ketones is 1. The highest BCUT2D eigenvalue weighted by atomic mass is 79.9. The summed E-state index contributed by atoms with van der Waals surface area (Å²) in [5, 5.41) is 11.1. The molecule has 0 aliphatic rings. The van der Waals surface area contributed by atoms with Crippen LogP contribution in [-0.2, 0) is 6.61 Å². The van der Waals surface area contributed by atoms with Crippen molar-refractivity contribution in [3.05, 3.63) is 68.2 Å². The first kappa shape index (κ1) is 15.2. The van der Waals surface area contributed by atoms with E-state index in [4.69, 9.17) is 4.74 Å². The molecule has 0 unspecified atom stereocenters. The standard InChI is InChI=1S/C15H12BrNO4/c1-10(18)12-4-7-15(14(8-12)17(19)20)21-9-11-2-5-13(16)6-3-11/h2-8H,9H2,1H3. The van der Waals surface area contributed by atoms with E-state index >= 15 is 0 Å². The van der Waals surface area contributed by atoms with E-state index < -0.39 is 4.92 Å². The number of rotatable bonds is 5. The van der Waals surface area contributed by atoms with Crippen LogP contribution in [0, 0.1) is 10.1 Å². The van der Waals surface area contributed by atoms with Crippen LogP contribution in [0.25, 0.3) is 0 Å². The number of carbonyl (C=O) groups excluding carboxylic acids is 1. The molecule has 0 saturated carbocycles. The molecule has 0 fully saturated rings. The van der Waals surface area contributed by atoms with Crippen molar-refractivity contribution in [2.45, 2.75) is 13.5 Å². The minimum absolute atomic E-state index is 0.146. The van der Waals surface area contributed by atoms with Crippen LogP contribution in [0.5, 0.6) is 5.75 Å². The second kappa shape index (κ2) is 6.49. The van der Waals surface area contributed by atoms with Crippen LogP contribution in [0.2, 0.25) is 0 Å². The lowest BCUT2D eigenvalue weighted by Crippen LogP contribution is -2.01. The van der Waals surface area contributed by atoms with Crippen molar-refractivity contribution in [2.75, 3.05) is 0 Å². The number of ether oxygens (including phenoxy) is 1. The maximum absolute atomic E-state index is 11.3. The van der Waals surface area contributed by atoms with Gasteiger partial charge in [0.05, 0.1) is 4.92 Å². The number of nitro groups is 1. The zero-order valence-corrected chi connectivity index (χ0v) is 12.8. The molecule has 0 N–H and O–H groups in total. The Bertz CT molecular complexity index is 683. The predicted molar refractivity (Wildman–Crippen MR) is 81.6 cm³/mol. The fraction of sp³-hybridized carbons (Fsp3) is 0.133. The SMILES string of the molecule is CC(=O)c1ccc(OCc2ccc(Br)cc2)c([N+](=O)[O-])c1. The maximum atomic E-state index is 11.3. The third kappa shape index (κ3) is 3.88. The highest BCUT2D eigenvalue weighted by molar-refractivity contribution is 9.10. The lowest BCUT2D eigenvalue weighted by molar-refractivity contribution is -0.386. The molecule has 6 heteroatoms. The van der Waals surface area contributed by atoms with Crippen molar-refractivity contribution in [1.29, 1.82) is 0 Å². The van der Waals surface area contributed by atoms with E-state index in [0.717, 1.165) is 10.0 Å². The van der Waals surface area contributed by atoms with Gasteiger partial charge in [-0.25, -0.2) is 0 Å². The molecule has 0 saturated heterocycles. The molecular formula is C15H12BrNO4. The van der Waals surface area contributed by atoms with Crippen molar-refractivity contribution in [2.24, 2.45) is 0 Å². The number of halogens is 1. The van der Waals surface area contributed by atoms with Crippen LogP contribution in [0.4, 0.5) is 5.69 Å². The van der Waals surface area contributed by atoms with Crippen LogP contribution in [-0.4, -0.2) is 10.7 Å². The van der Waals surface area contributed by atoms with Gasteiger partial charge in [-0.3, -0.25) is 14.9 Å². The summed E-state index contributed by atoms with van der Waals surface area (Å²) in [4.78, 5) is 21.8. The van der Waals surface area contributed by atoms with E-state index in [0.29, 0.717) is 0 Å². The molecule has 5 nitrogen and oxygen atoms in total. The lowest BCUT2D eigenvalue weighted by Gasteiger charge is -2.08. The molecule has 2 rings (SSSR count). The molecule has 0 heterocycles. The molecule has 0 aliphatic carbocycles. The molecule has 21 heavy (non-hydrogen) atoms. The Morgan fingerprint density at radius 1 is 1.24 bits per heavy atom. The first-order chi connectivity index (χ1) is 9.97. The Kier molecular flexibility index (Phi) is 4.70. The first-order valence-corrected chi connectivity index (χ1v) is 6.93. The maximum Gasteiger partial charge on any atom is 0.311 e. The van der Waals surface area contributed by atoms with Crippen molar-refractivity contribution in [1.82, 2.24) is 0 Å². The van der Waals surface area contributed by atoms with Crippen molar-refractivity contribution < 1.29 is 14.5 Å². The topological polar surface area (TPSA) is 69.4 Å². The van der Waals surface area contributed by atoms with Gasteiger partial charge in [-0.1, -0.05) is 28.1 Å². The highest BCUT2D eigenvalue weighted by Gasteiger charge is 2.17. The summed E-state index contributed by atoms with van der Waals surface area (Å²) in [6.45, 7) is 1.58.